The molecule has 0 radical (unpaired) electrons. The van der Waals surface area contributed by atoms with E-state index in [0.29, 0.717) is 34.1 Å². The van der Waals surface area contributed by atoms with Gasteiger partial charge in [-0.2, -0.15) is 0 Å². The molecule has 0 aliphatic heterocycles. The van der Waals surface area contributed by atoms with Gasteiger partial charge in [0.15, 0.2) is 0 Å². The summed E-state index contributed by atoms with van der Waals surface area (Å²) >= 11 is 0. The van der Waals surface area contributed by atoms with Crippen LogP contribution in [0.4, 0.5) is 0 Å². The summed E-state index contributed by atoms with van der Waals surface area (Å²) in [6.07, 6.45) is 0. The lowest BCUT2D eigenvalue weighted by atomic mass is 10.2. The van der Waals surface area contributed by atoms with Crippen molar-refractivity contribution in [2.75, 3.05) is 35.1 Å². The van der Waals surface area contributed by atoms with Crippen LogP contribution in [-0.4, -0.2) is 35.1 Å². The third-order valence-electron chi connectivity index (χ3n) is 3.53. The molecule has 0 spiro atoms. The Balaban J connectivity index is 2.31. The average molecular weight is 384 g/mol. The number of ether oxygens (including phenoxy) is 4. The zero-order chi connectivity index (χ0) is 19.9. The molecule has 2 aromatic rings. The van der Waals surface area contributed by atoms with Crippen molar-refractivity contribution in [3.05, 3.63) is 47.5 Å². The standard InChI is InChI=1S/C21H21O5P/c1-23-18-10-16(11-19(14-18)24-2)6-8-27(5,22)9-7-17-12-20(25-3)15-21(13-17)26-4/h10-15H,1-5H3. The Kier molecular flexibility index (Phi) is 6.83. The van der Waals surface area contributed by atoms with Crippen LogP contribution in [0.15, 0.2) is 36.4 Å². The van der Waals surface area contributed by atoms with Gasteiger partial charge >= 0.3 is 0 Å². The van der Waals surface area contributed by atoms with Gasteiger partial charge in [-0.1, -0.05) is 11.8 Å². The molecule has 0 bridgehead atoms. The quantitative estimate of drug-likeness (QED) is 0.588. The molecule has 0 N–H and O–H groups in total. The van der Waals surface area contributed by atoms with Gasteiger partial charge in [0.05, 0.1) is 28.4 Å². The monoisotopic (exact) mass is 384 g/mol. The molecule has 0 aliphatic carbocycles. The van der Waals surface area contributed by atoms with Crippen LogP contribution in [0.3, 0.4) is 0 Å². The van der Waals surface area contributed by atoms with E-state index in [0.717, 1.165) is 0 Å². The molecule has 0 heterocycles. The van der Waals surface area contributed by atoms with Gasteiger partial charge in [0.2, 0.25) is 7.14 Å². The molecule has 0 aliphatic rings. The minimum absolute atomic E-state index is 0.610. The van der Waals surface area contributed by atoms with Crippen LogP contribution in [0.1, 0.15) is 11.1 Å². The van der Waals surface area contributed by atoms with Crippen LogP contribution in [0.25, 0.3) is 0 Å². The van der Waals surface area contributed by atoms with Crippen molar-refractivity contribution in [2.45, 2.75) is 0 Å². The summed E-state index contributed by atoms with van der Waals surface area (Å²) in [6.45, 7) is 1.53. The van der Waals surface area contributed by atoms with Crippen LogP contribution in [0.5, 0.6) is 23.0 Å². The van der Waals surface area contributed by atoms with Crippen molar-refractivity contribution in [3.8, 4) is 46.2 Å². The maximum absolute atomic E-state index is 12.7. The molecule has 0 aromatic heterocycles. The van der Waals surface area contributed by atoms with Gasteiger partial charge < -0.3 is 18.9 Å². The highest BCUT2D eigenvalue weighted by molar-refractivity contribution is 7.73. The van der Waals surface area contributed by atoms with Crippen LogP contribution in [0.2, 0.25) is 0 Å². The van der Waals surface area contributed by atoms with Gasteiger partial charge in [0.25, 0.3) is 0 Å². The molecule has 0 amide bonds. The van der Waals surface area contributed by atoms with E-state index in [-0.39, 0.29) is 0 Å². The number of methoxy groups -OCH3 is 4. The molecular formula is C21H21O5P. The Morgan fingerprint density at radius 1 is 0.630 bits per heavy atom. The Morgan fingerprint density at radius 3 is 1.19 bits per heavy atom. The average Bonchev–Trinajstić information content (AvgIpc) is 2.70. The fourth-order valence-electron chi connectivity index (χ4n) is 2.13. The van der Waals surface area contributed by atoms with Crippen molar-refractivity contribution in [1.29, 1.82) is 0 Å². The SMILES string of the molecule is COc1cc(C#CP(C)(=O)C#Cc2cc(OC)cc(OC)c2)cc(OC)c1. The molecule has 0 saturated carbocycles. The Hall–Kier alpha value is -3.01. The zero-order valence-electron chi connectivity index (χ0n) is 16.0. The lowest BCUT2D eigenvalue weighted by Gasteiger charge is -2.05. The van der Waals surface area contributed by atoms with Crippen LogP contribution in [-0.2, 0) is 4.57 Å². The lowest BCUT2D eigenvalue weighted by Crippen LogP contribution is -1.89. The number of benzene rings is 2. The summed E-state index contributed by atoms with van der Waals surface area (Å²) in [5.74, 6) is 8.22. The first-order valence-electron chi connectivity index (χ1n) is 7.99. The van der Waals surface area contributed by atoms with Crippen molar-refractivity contribution in [2.24, 2.45) is 0 Å². The minimum Gasteiger partial charge on any atom is -0.497 e. The second kappa shape index (κ2) is 9.08. The highest BCUT2D eigenvalue weighted by atomic mass is 31.2. The maximum atomic E-state index is 12.7. The molecule has 5 nitrogen and oxygen atoms in total. The first-order chi connectivity index (χ1) is 12.9. The number of hydrogen-bond donors (Lipinski definition) is 0. The normalized spacial score (nSPS) is 9.96. The smallest absolute Gasteiger partial charge is 0.220 e. The molecule has 27 heavy (non-hydrogen) atoms. The molecule has 0 saturated heterocycles. The predicted octanol–water partition coefficient (Wildman–Crippen LogP) is 4.03. The number of rotatable bonds is 4. The molecule has 0 unspecified atom stereocenters. The molecular weight excluding hydrogens is 363 g/mol. The van der Waals surface area contributed by atoms with Crippen molar-refractivity contribution in [1.82, 2.24) is 0 Å². The van der Waals surface area contributed by atoms with Crippen LogP contribution >= 0.6 is 7.14 Å². The van der Waals surface area contributed by atoms with E-state index in [9.17, 15) is 4.57 Å². The van der Waals surface area contributed by atoms with Gasteiger partial charge in [-0.15, -0.1) is 0 Å². The van der Waals surface area contributed by atoms with E-state index in [1.165, 1.54) is 6.66 Å². The maximum Gasteiger partial charge on any atom is 0.220 e. The van der Waals surface area contributed by atoms with Gasteiger partial charge in [-0.05, 0) is 35.6 Å². The largest absolute Gasteiger partial charge is 0.497 e. The fourth-order valence-corrected chi connectivity index (χ4v) is 2.87. The van der Waals surface area contributed by atoms with Gasteiger partial charge in [-0.25, -0.2) is 0 Å². The second-order valence-electron chi connectivity index (χ2n) is 5.60. The zero-order valence-corrected chi connectivity index (χ0v) is 16.8. The number of hydrogen-bond acceptors (Lipinski definition) is 5. The van der Waals surface area contributed by atoms with E-state index in [1.54, 1.807) is 64.8 Å². The van der Waals surface area contributed by atoms with E-state index < -0.39 is 7.14 Å². The van der Waals surface area contributed by atoms with E-state index in [1.807, 2.05) is 0 Å². The summed E-state index contributed by atoms with van der Waals surface area (Å²) < 4.78 is 33.5. The Bertz CT molecular complexity index is 867. The third kappa shape index (κ3) is 6.03. The molecule has 2 rings (SSSR count). The summed E-state index contributed by atoms with van der Waals surface area (Å²) in [6, 6.07) is 10.5. The molecule has 0 fully saturated rings. The highest BCUT2D eigenvalue weighted by Crippen LogP contribution is 2.38. The lowest BCUT2D eigenvalue weighted by molar-refractivity contribution is 0.394. The Labute approximate surface area is 160 Å². The minimum atomic E-state index is -3.00. The molecule has 140 valence electrons. The third-order valence-corrected chi connectivity index (χ3v) is 4.61. The van der Waals surface area contributed by atoms with Gasteiger partial charge in [0.1, 0.15) is 23.0 Å². The van der Waals surface area contributed by atoms with Gasteiger partial charge in [0, 0.05) is 29.9 Å². The van der Waals surface area contributed by atoms with Crippen molar-refractivity contribution < 1.29 is 23.5 Å². The van der Waals surface area contributed by atoms with E-state index in [4.69, 9.17) is 18.9 Å². The summed E-state index contributed by atoms with van der Waals surface area (Å²) in [4.78, 5) is 0. The fraction of sp³-hybridized carbons (Fsp3) is 0.238. The van der Waals surface area contributed by atoms with Crippen molar-refractivity contribution in [3.63, 3.8) is 0 Å². The van der Waals surface area contributed by atoms with Crippen LogP contribution < -0.4 is 18.9 Å². The predicted molar refractivity (Wildman–Crippen MR) is 106 cm³/mol. The van der Waals surface area contributed by atoms with Crippen LogP contribution in [0, 0.1) is 23.2 Å². The summed E-state index contributed by atoms with van der Waals surface area (Å²) in [5.41, 5.74) is 6.80. The van der Waals surface area contributed by atoms with E-state index in [2.05, 4.69) is 23.2 Å². The molecule has 0 atom stereocenters. The first kappa shape index (κ1) is 20.3. The summed E-state index contributed by atoms with van der Waals surface area (Å²) in [5, 5.41) is 0. The Morgan fingerprint density at radius 2 is 0.926 bits per heavy atom. The first-order valence-corrected chi connectivity index (χ1v) is 10.1. The molecule has 2 aromatic carbocycles. The van der Waals surface area contributed by atoms with E-state index >= 15 is 0 Å². The summed E-state index contributed by atoms with van der Waals surface area (Å²) in [7, 11) is 3.24. The van der Waals surface area contributed by atoms with Gasteiger partial charge in [-0.3, -0.25) is 4.57 Å². The second-order valence-corrected chi connectivity index (χ2v) is 7.90. The highest BCUT2D eigenvalue weighted by Gasteiger charge is 2.07. The van der Waals surface area contributed by atoms with Crippen molar-refractivity contribution >= 4 is 7.14 Å². The molecule has 6 heteroatoms. The topological polar surface area (TPSA) is 54.0 Å².